The van der Waals surface area contributed by atoms with Crippen molar-refractivity contribution in [3.05, 3.63) is 17.7 Å². The lowest BCUT2D eigenvalue weighted by Crippen LogP contribution is -2.33. The Morgan fingerprint density at radius 3 is 2.37 bits per heavy atom. The number of fused-ring (bicyclic) bond motifs is 1. The van der Waals surface area contributed by atoms with Crippen molar-refractivity contribution in [3.8, 4) is 17.2 Å². The lowest BCUT2D eigenvalue weighted by molar-refractivity contribution is 0.173. The van der Waals surface area contributed by atoms with Crippen molar-refractivity contribution in [2.24, 2.45) is 5.92 Å². The molecule has 1 aromatic rings. The van der Waals surface area contributed by atoms with E-state index in [4.69, 9.17) is 9.47 Å². The second-order valence-corrected chi connectivity index (χ2v) is 5.75. The third kappa shape index (κ3) is 3.32. The average molecular weight is 265 g/mol. The van der Waals surface area contributed by atoms with E-state index in [0.717, 1.165) is 24.4 Å². The maximum Gasteiger partial charge on any atom is 0.231 e. The molecule has 1 heterocycles. The number of hydrogen-bond acceptors (Lipinski definition) is 4. The molecule has 0 aliphatic carbocycles. The van der Waals surface area contributed by atoms with Crippen molar-refractivity contribution in [1.82, 2.24) is 4.90 Å². The van der Waals surface area contributed by atoms with Gasteiger partial charge < -0.3 is 14.6 Å². The van der Waals surface area contributed by atoms with Gasteiger partial charge >= 0.3 is 0 Å². The Morgan fingerprint density at radius 1 is 1.16 bits per heavy atom. The molecule has 19 heavy (non-hydrogen) atoms. The van der Waals surface area contributed by atoms with Crippen LogP contribution >= 0.6 is 0 Å². The Morgan fingerprint density at radius 2 is 1.79 bits per heavy atom. The maximum atomic E-state index is 10.1. The summed E-state index contributed by atoms with van der Waals surface area (Å²) in [5.74, 6) is 2.22. The number of rotatable bonds is 5. The first kappa shape index (κ1) is 14.0. The van der Waals surface area contributed by atoms with Crippen LogP contribution in [0.1, 0.15) is 33.3 Å². The molecule has 1 aliphatic rings. The molecule has 0 amide bonds. The molecule has 0 unspecified atom stereocenters. The first-order valence-corrected chi connectivity index (χ1v) is 6.83. The van der Waals surface area contributed by atoms with E-state index in [0.29, 0.717) is 17.7 Å². The summed E-state index contributed by atoms with van der Waals surface area (Å²) in [5, 5.41) is 10.1. The van der Waals surface area contributed by atoms with Crippen molar-refractivity contribution in [2.75, 3.05) is 13.3 Å². The van der Waals surface area contributed by atoms with E-state index in [9.17, 15) is 5.11 Å². The number of benzene rings is 1. The van der Waals surface area contributed by atoms with Crippen molar-refractivity contribution >= 4 is 0 Å². The van der Waals surface area contributed by atoms with Gasteiger partial charge in [0.15, 0.2) is 11.5 Å². The minimum Gasteiger partial charge on any atom is -0.507 e. The fourth-order valence-electron chi connectivity index (χ4n) is 2.25. The van der Waals surface area contributed by atoms with Gasteiger partial charge in [0.25, 0.3) is 0 Å². The van der Waals surface area contributed by atoms with E-state index < -0.39 is 0 Å². The summed E-state index contributed by atoms with van der Waals surface area (Å²) in [7, 11) is 0. The molecule has 1 aromatic carbocycles. The van der Waals surface area contributed by atoms with Crippen molar-refractivity contribution < 1.29 is 14.6 Å². The zero-order chi connectivity index (χ0) is 14.0. The topological polar surface area (TPSA) is 41.9 Å². The fourth-order valence-corrected chi connectivity index (χ4v) is 2.25. The highest BCUT2D eigenvalue weighted by Gasteiger charge is 2.19. The van der Waals surface area contributed by atoms with Gasteiger partial charge in [-0.3, -0.25) is 4.90 Å². The summed E-state index contributed by atoms with van der Waals surface area (Å²) in [6.45, 7) is 10.7. The van der Waals surface area contributed by atoms with Crippen LogP contribution in [0.3, 0.4) is 0 Å². The standard InChI is InChI=1S/C15H23NO3/c1-10(2)7-16(11(3)4)8-12-5-14-15(6-13(12)17)19-9-18-14/h5-6,10-11,17H,7-9H2,1-4H3. The van der Waals surface area contributed by atoms with Crippen LogP contribution in [0, 0.1) is 5.92 Å². The summed E-state index contributed by atoms with van der Waals surface area (Å²) in [6.07, 6.45) is 0. The van der Waals surface area contributed by atoms with Crippen LogP contribution in [0.15, 0.2) is 12.1 Å². The molecule has 1 N–H and O–H groups in total. The molecule has 0 atom stereocenters. The molecule has 2 rings (SSSR count). The molecule has 106 valence electrons. The monoisotopic (exact) mass is 265 g/mol. The van der Waals surface area contributed by atoms with Crippen LogP contribution in [-0.4, -0.2) is 29.4 Å². The number of hydrogen-bond donors (Lipinski definition) is 1. The molecule has 0 spiro atoms. The molecule has 0 radical (unpaired) electrons. The van der Waals surface area contributed by atoms with E-state index >= 15 is 0 Å². The summed E-state index contributed by atoms with van der Waals surface area (Å²) in [4.78, 5) is 2.35. The molecular formula is C15H23NO3. The highest BCUT2D eigenvalue weighted by Crippen LogP contribution is 2.38. The molecule has 0 aromatic heterocycles. The summed E-state index contributed by atoms with van der Waals surface area (Å²) >= 11 is 0. The Balaban J connectivity index is 2.17. The number of phenolic OH excluding ortho intramolecular Hbond substituents is 1. The lowest BCUT2D eigenvalue weighted by Gasteiger charge is -2.28. The van der Waals surface area contributed by atoms with E-state index in [1.165, 1.54) is 0 Å². The number of ether oxygens (including phenoxy) is 2. The van der Waals surface area contributed by atoms with E-state index in [2.05, 4.69) is 32.6 Å². The number of nitrogens with zero attached hydrogens (tertiary/aromatic N) is 1. The second-order valence-electron chi connectivity index (χ2n) is 5.75. The van der Waals surface area contributed by atoms with Gasteiger partial charge in [-0.15, -0.1) is 0 Å². The van der Waals surface area contributed by atoms with Gasteiger partial charge in [-0.1, -0.05) is 13.8 Å². The molecule has 4 nitrogen and oxygen atoms in total. The minimum atomic E-state index is 0.234. The second kappa shape index (κ2) is 5.70. The van der Waals surface area contributed by atoms with Crippen LogP contribution in [0.5, 0.6) is 17.2 Å². The van der Waals surface area contributed by atoms with Gasteiger partial charge in [-0.05, 0) is 25.8 Å². The van der Waals surface area contributed by atoms with Gasteiger partial charge in [0.2, 0.25) is 6.79 Å². The predicted molar refractivity (Wildman–Crippen MR) is 74.6 cm³/mol. The smallest absolute Gasteiger partial charge is 0.231 e. The highest BCUT2D eigenvalue weighted by atomic mass is 16.7. The molecule has 0 saturated heterocycles. The van der Waals surface area contributed by atoms with Crippen molar-refractivity contribution in [1.29, 1.82) is 0 Å². The van der Waals surface area contributed by atoms with E-state index in [1.54, 1.807) is 6.07 Å². The highest BCUT2D eigenvalue weighted by molar-refractivity contribution is 5.51. The number of aromatic hydroxyl groups is 1. The lowest BCUT2D eigenvalue weighted by atomic mass is 10.1. The Labute approximate surface area is 114 Å². The maximum absolute atomic E-state index is 10.1. The van der Waals surface area contributed by atoms with Crippen LogP contribution in [0.25, 0.3) is 0 Å². The van der Waals surface area contributed by atoms with Gasteiger partial charge in [0, 0.05) is 30.8 Å². The van der Waals surface area contributed by atoms with Crippen LogP contribution < -0.4 is 9.47 Å². The molecule has 0 bridgehead atoms. The third-order valence-corrected chi connectivity index (χ3v) is 3.28. The molecule has 1 aliphatic heterocycles. The average Bonchev–Trinajstić information content (AvgIpc) is 2.74. The van der Waals surface area contributed by atoms with Crippen LogP contribution in [0.4, 0.5) is 0 Å². The van der Waals surface area contributed by atoms with E-state index in [-0.39, 0.29) is 12.5 Å². The largest absolute Gasteiger partial charge is 0.507 e. The quantitative estimate of drug-likeness (QED) is 0.888. The third-order valence-electron chi connectivity index (χ3n) is 3.28. The molecule has 0 saturated carbocycles. The zero-order valence-corrected chi connectivity index (χ0v) is 12.1. The molecule has 0 fully saturated rings. The first-order valence-electron chi connectivity index (χ1n) is 6.83. The Kier molecular flexibility index (Phi) is 4.20. The fraction of sp³-hybridized carbons (Fsp3) is 0.600. The van der Waals surface area contributed by atoms with Gasteiger partial charge in [0.1, 0.15) is 5.75 Å². The Bertz CT molecular complexity index is 443. The summed E-state index contributed by atoms with van der Waals surface area (Å²) < 4.78 is 10.6. The van der Waals surface area contributed by atoms with E-state index in [1.807, 2.05) is 6.07 Å². The first-order chi connectivity index (χ1) is 8.97. The molecule has 4 heteroatoms. The van der Waals surface area contributed by atoms with Gasteiger partial charge in [0.05, 0.1) is 0 Å². The molecular weight excluding hydrogens is 242 g/mol. The minimum absolute atomic E-state index is 0.234. The van der Waals surface area contributed by atoms with Gasteiger partial charge in [-0.2, -0.15) is 0 Å². The summed E-state index contributed by atoms with van der Waals surface area (Å²) in [5.41, 5.74) is 0.888. The SMILES string of the molecule is CC(C)CN(Cc1cc2c(cc1O)OCO2)C(C)C. The zero-order valence-electron chi connectivity index (χ0n) is 12.1. The predicted octanol–water partition coefficient (Wildman–Crippen LogP) is 2.99. The van der Waals surface area contributed by atoms with Gasteiger partial charge in [-0.25, -0.2) is 0 Å². The van der Waals surface area contributed by atoms with Crippen molar-refractivity contribution in [3.63, 3.8) is 0 Å². The van der Waals surface area contributed by atoms with Crippen molar-refractivity contribution in [2.45, 2.75) is 40.3 Å². The summed E-state index contributed by atoms with van der Waals surface area (Å²) in [6, 6.07) is 3.96. The number of phenols is 1. The normalized spacial score (nSPS) is 13.8. The van der Waals surface area contributed by atoms with Crippen LogP contribution in [-0.2, 0) is 6.54 Å². The van der Waals surface area contributed by atoms with Crippen LogP contribution in [0.2, 0.25) is 0 Å². The Hall–Kier alpha value is -1.42.